The van der Waals surface area contributed by atoms with Gasteiger partial charge >= 0.3 is 0 Å². The molecule has 0 unspecified atom stereocenters. The Balaban J connectivity index is 1.29. The van der Waals surface area contributed by atoms with Gasteiger partial charge in [-0.05, 0) is 92.1 Å². The number of hydrogen-bond acceptors (Lipinski definition) is 3. The van der Waals surface area contributed by atoms with E-state index in [1.54, 1.807) is 12.1 Å². The first-order valence-electron chi connectivity index (χ1n) is 12.1. The largest absolute Gasteiger partial charge is 0.339 e. The molecule has 1 saturated heterocycles. The summed E-state index contributed by atoms with van der Waals surface area (Å²) >= 11 is 0. The number of amides is 1. The first kappa shape index (κ1) is 23.5. The summed E-state index contributed by atoms with van der Waals surface area (Å²) in [6.07, 6.45) is 3.52. The van der Waals surface area contributed by atoms with Crippen molar-refractivity contribution in [1.29, 1.82) is 0 Å². The van der Waals surface area contributed by atoms with Crippen molar-refractivity contribution in [2.24, 2.45) is 5.92 Å². The van der Waals surface area contributed by atoms with Crippen molar-refractivity contribution in [2.75, 3.05) is 17.4 Å². The van der Waals surface area contributed by atoms with E-state index in [9.17, 15) is 17.6 Å². The van der Waals surface area contributed by atoms with Gasteiger partial charge in [-0.3, -0.25) is 9.10 Å². The second-order valence-electron chi connectivity index (χ2n) is 9.58. The van der Waals surface area contributed by atoms with Crippen LogP contribution in [0.3, 0.4) is 0 Å². The molecule has 2 aliphatic rings. The molecular formula is C28H29FN2O3S. The van der Waals surface area contributed by atoms with Gasteiger partial charge in [0.25, 0.3) is 15.9 Å². The standard InChI is InChI=1S/C28H29FN2O3S/c1-20-17-24-19-23(7-12-27(24)31(20)35(33,34)26-10-8-25(29)9-11-26)28(32)30-15-13-22(14-16-30)18-21-5-3-2-4-6-21/h2-12,19-20,22H,13-18H2,1H3/t20-/m0/s1. The molecule has 2 heterocycles. The highest BCUT2D eigenvalue weighted by Crippen LogP contribution is 2.37. The van der Waals surface area contributed by atoms with E-state index < -0.39 is 15.8 Å². The second-order valence-corrected chi connectivity index (χ2v) is 11.4. The summed E-state index contributed by atoms with van der Waals surface area (Å²) in [6.45, 7) is 3.31. The van der Waals surface area contributed by atoms with E-state index in [1.165, 1.54) is 22.0 Å². The van der Waals surface area contributed by atoms with Crippen LogP contribution in [0, 0.1) is 11.7 Å². The lowest BCUT2D eigenvalue weighted by Gasteiger charge is -2.32. The van der Waals surface area contributed by atoms with Crippen molar-refractivity contribution < 1.29 is 17.6 Å². The molecule has 2 aliphatic heterocycles. The van der Waals surface area contributed by atoms with E-state index >= 15 is 0 Å². The van der Waals surface area contributed by atoms with Crippen LogP contribution in [0.5, 0.6) is 0 Å². The molecule has 0 bridgehead atoms. The zero-order valence-electron chi connectivity index (χ0n) is 19.7. The van der Waals surface area contributed by atoms with Gasteiger partial charge in [0.05, 0.1) is 10.6 Å². The maximum absolute atomic E-state index is 13.3. The van der Waals surface area contributed by atoms with Crippen molar-refractivity contribution in [3.63, 3.8) is 0 Å². The Morgan fingerprint density at radius 3 is 2.34 bits per heavy atom. The van der Waals surface area contributed by atoms with Crippen LogP contribution in [0.4, 0.5) is 10.1 Å². The molecule has 0 spiro atoms. The molecule has 1 fully saturated rings. The van der Waals surface area contributed by atoms with Gasteiger partial charge in [0.15, 0.2) is 0 Å². The van der Waals surface area contributed by atoms with Gasteiger partial charge in [-0.25, -0.2) is 12.8 Å². The molecule has 1 amide bonds. The average molecular weight is 493 g/mol. The first-order chi connectivity index (χ1) is 16.8. The fraction of sp³-hybridized carbons (Fsp3) is 0.321. The highest BCUT2D eigenvalue weighted by atomic mass is 32.2. The van der Waals surface area contributed by atoms with Crippen molar-refractivity contribution in [3.8, 4) is 0 Å². The van der Waals surface area contributed by atoms with Crippen LogP contribution in [0.2, 0.25) is 0 Å². The van der Waals surface area contributed by atoms with E-state index in [0.29, 0.717) is 23.6 Å². The zero-order valence-corrected chi connectivity index (χ0v) is 20.5. The number of hydrogen-bond donors (Lipinski definition) is 0. The SMILES string of the molecule is C[C@H]1Cc2cc(C(=O)N3CCC(Cc4ccccc4)CC3)ccc2N1S(=O)(=O)c1ccc(F)cc1. The highest BCUT2D eigenvalue weighted by molar-refractivity contribution is 7.92. The van der Waals surface area contributed by atoms with Crippen LogP contribution in [0.25, 0.3) is 0 Å². The van der Waals surface area contributed by atoms with Crippen LogP contribution in [0.1, 0.15) is 41.3 Å². The van der Waals surface area contributed by atoms with E-state index in [0.717, 1.165) is 50.0 Å². The number of carbonyl (C=O) groups is 1. The predicted octanol–water partition coefficient (Wildman–Crippen LogP) is 5.06. The van der Waals surface area contributed by atoms with Crippen LogP contribution in [-0.4, -0.2) is 38.4 Å². The number of anilines is 1. The monoisotopic (exact) mass is 492 g/mol. The van der Waals surface area contributed by atoms with Gasteiger partial charge in [0, 0.05) is 24.7 Å². The molecule has 5 nitrogen and oxygen atoms in total. The number of sulfonamides is 1. The molecule has 0 aliphatic carbocycles. The van der Waals surface area contributed by atoms with E-state index in [1.807, 2.05) is 24.0 Å². The molecule has 3 aromatic rings. The van der Waals surface area contributed by atoms with Gasteiger partial charge in [0.2, 0.25) is 0 Å². The smallest absolute Gasteiger partial charge is 0.264 e. The maximum Gasteiger partial charge on any atom is 0.264 e. The van der Waals surface area contributed by atoms with Crippen LogP contribution in [-0.2, 0) is 22.9 Å². The van der Waals surface area contributed by atoms with Crippen molar-refractivity contribution in [1.82, 2.24) is 4.90 Å². The van der Waals surface area contributed by atoms with Crippen LogP contribution < -0.4 is 4.31 Å². The number of benzene rings is 3. The van der Waals surface area contributed by atoms with Gasteiger partial charge < -0.3 is 4.90 Å². The minimum Gasteiger partial charge on any atom is -0.339 e. The number of likely N-dealkylation sites (tertiary alicyclic amines) is 1. The molecule has 0 radical (unpaired) electrons. The summed E-state index contributed by atoms with van der Waals surface area (Å²) in [5.41, 5.74) is 3.36. The third-order valence-corrected chi connectivity index (χ3v) is 9.06. The van der Waals surface area contributed by atoms with Gasteiger partial charge in [0.1, 0.15) is 5.82 Å². The summed E-state index contributed by atoms with van der Waals surface area (Å²) in [4.78, 5) is 15.2. The summed E-state index contributed by atoms with van der Waals surface area (Å²) in [5, 5.41) is 0. The van der Waals surface area contributed by atoms with E-state index in [-0.39, 0.29) is 16.8 Å². The molecule has 7 heteroatoms. The lowest BCUT2D eigenvalue weighted by molar-refractivity contribution is 0.0690. The minimum atomic E-state index is -3.83. The lowest BCUT2D eigenvalue weighted by Crippen LogP contribution is -2.39. The number of fused-ring (bicyclic) bond motifs is 1. The van der Waals surface area contributed by atoms with Crippen LogP contribution in [0.15, 0.2) is 77.7 Å². The quantitative estimate of drug-likeness (QED) is 0.500. The molecule has 35 heavy (non-hydrogen) atoms. The number of halogens is 1. The van der Waals surface area contributed by atoms with Crippen molar-refractivity contribution >= 4 is 21.6 Å². The number of nitrogens with zero attached hydrogens (tertiary/aromatic N) is 2. The Kier molecular flexibility index (Phi) is 6.36. The number of rotatable bonds is 5. The zero-order chi connectivity index (χ0) is 24.6. The van der Waals surface area contributed by atoms with Gasteiger partial charge in [-0.15, -0.1) is 0 Å². The summed E-state index contributed by atoms with van der Waals surface area (Å²) in [7, 11) is -3.83. The third kappa shape index (κ3) is 4.69. The third-order valence-electron chi connectivity index (χ3n) is 7.12. The minimum absolute atomic E-state index is 0.00143. The Morgan fingerprint density at radius 1 is 0.971 bits per heavy atom. The van der Waals surface area contributed by atoms with E-state index in [2.05, 4.69) is 24.3 Å². The Hall–Kier alpha value is -3.19. The fourth-order valence-corrected chi connectivity index (χ4v) is 6.98. The summed E-state index contributed by atoms with van der Waals surface area (Å²) in [5.74, 6) is 0.0945. The highest BCUT2D eigenvalue weighted by Gasteiger charge is 2.36. The molecular weight excluding hydrogens is 463 g/mol. The molecule has 182 valence electrons. The topological polar surface area (TPSA) is 57.7 Å². The molecule has 0 N–H and O–H groups in total. The molecule has 0 aromatic heterocycles. The normalized spacial score (nSPS) is 18.5. The Bertz CT molecular complexity index is 1320. The number of piperidine rings is 1. The summed E-state index contributed by atoms with van der Waals surface area (Å²) in [6, 6.07) is 20.3. The maximum atomic E-state index is 13.3. The molecule has 3 aromatic carbocycles. The molecule has 0 saturated carbocycles. The van der Waals surface area contributed by atoms with Crippen molar-refractivity contribution in [3.05, 3.63) is 95.3 Å². The van der Waals surface area contributed by atoms with Gasteiger partial charge in [-0.1, -0.05) is 30.3 Å². The summed E-state index contributed by atoms with van der Waals surface area (Å²) < 4.78 is 41.3. The fourth-order valence-electron chi connectivity index (χ4n) is 5.29. The van der Waals surface area contributed by atoms with Gasteiger partial charge in [-0.2, -0.15) is 0 Å². The van der Waals surface area contributed by atoms with E-state index in [4.69, 9.17) is 0 Å². The Morgan fingerprint density at radius 2 is 1.66 bits per heavy atom. The average Bonchev–Trinajstić information content (AvgIpc) is 3.20. The predicted molar refractivity (Wildman–Crippen MR) is 134 cm³/mol. The van der Waals surface area contributed by atoms with Crippen LogP contribution >= 0.6 is 0 Å². The Labute approximate surface area is 206 Å². The second kappa shape index (κ2) is 9.46. The van der Waals surface area contributed by atoms with Crippen molar-refractivity contribution in [2.45, 2.75) is 43.5 Å². The molecule has 1 atom stereocenters. The number of carbonyl (C=O) groups excluding carboxylic acids is 1. The first-order valence-corrected chi connectivity index (χ1v) is 13.5. The lowest BCUT2D eigenvalue weighted by atomic mass is 9.90. The molecule has 5 rings (SSSR count).